The fraction of sp³-hybridized carbons (Fsp3) is 0.286. The summed E-state index contributed by atoms with van der Waals surface area (Å²) < 4.78 is 40.4. The average molecular weight is 313 g/mol. The van der Waals surface area contributed by atoms with Crippen molar-refractivity contribution in [1.29, 1.82) is 0 Å². The Balaban J connectivity index is 2.28. The van der Waals surface area contributed by atoms with Crippen molar-refractivity contribution in [2.75, 3.05) is 6.61 Å². The molecule has 0 saturated carbocycles. The van der Waals surface area contributed by atoms with Crippen LogP contribution in [0.2, 0.25) is 0 Å². The summed E-state index contributed by atoms with van der Waals surface area (Å²) in [6.45, 7) is -0.654. The van der Waals surface area contributed by atoms with Crippen molar-refractivity contribution < 1.29 is 23.1 Å². The molecule has 0 aliphatic rings. The summed E-state index contributed by atoms with van der Waals surface area (Å²) in [6, 6.07) is 3.65. The first kappa shape index (κ1) is 16.0. The number of aliphatic hydroxyl groups excluding tert-OH is 1. The quantitative estimate of drug-likeness (QED) is 0.906. The van der Waals surface area contributed by atoms with Crippen LogP contribution in [0, 0.1) is 0 Å². The molecule has 1 unspecified atom stereocenters. The summed E-state index contributed by atoms with van der Waals surface area (Å²) in [5, 5.41) is 15.6. The number of aryl methyl sites for hydroxylation is 1. The van der Waals surface area contributed by atoms with Crippen LogP contribution in [-0.2, 0) is 13.2 Å². The lowest BCUT2D eigenvalue weighted by atomic mass is 10.00. The summed E-state index contributed by atoms with van der Waals surface area (Å²) in [5.41, 5.74) is -0.874. The van der Waals surface area contributed by atoms with E-state index in [1.807, 2.05) is 0 Å². The summed E-state index contributed by atoms with van der Waals surface area (Å²) in [6.07, 6.45) is -1.85. The number of amides is 1. The number of halogens is 3. The Kier molecular flexibility index (Phi) is 4.51. The van der Waals surface area contributed by atoms with Crippen LogP contribution in [-0.4, -0.2) is 27.4 Å². The molecule has 0 fully saturated rings. The third kappa shape index (κ3) is 3.45. The van der Waals surface area contributed by atoms with E-state index in [9.17, 15) is 23.1 Å². The number of rotatable bonds is 4. The second-order valence-electron chi connectivity index (χ2n) is 4.70. The van der Waals surface area contributed by atoms with Gasteiger partial charge in [0.05, 0.1) is 30.0 Å². The molecule has 0 aliphatic carbocycles. The van der Waals surface area contributed by atoms with Gasteiger partial charge in [0.15, 0.2) is 0 Å². The first-order valence-electron chi connectivity index (χ1n) is 6.39. The third-order valence-corrected chi connectivity index (χ3v) is 3.10. The third-order valence-electron chi connectivity index (χ3n) is 3.10. The number of nitrogens with zero attached hydrogens (tertiary/aromatic N) is 2. The normalized spacial score (nSPS) is 13.0. The van der Waals surface area contributed by atoms with E-state index in [4.69, 9.17) is 0 Å². The molecule has 0 saturated heterocycles. The molecule has 0 aliphatic heterocycles. The van der Waals surface area contributed by atoms with Crippen molar-refractivity contribution >= 4 is 5.91 Å². The lowest BCUT2D eigenvalue weighted by molar-refractivity contribution is -0.138. The number of carbonyl (C=O) groups excluding carboxylic acids is 1. The van der Waals surface area contributed by atoms with Crippen LogP contribution in [0.25, 0.3) is 0 Å². The van der Waals surface area contributed by atoms with Gasteiger partial charge in [-0.3, -0.25) is 9.48 Å². The van der Waals surface area contributed by atoms with Gasteiger partial charge in [-0.15, -0.1) is 0 Å². The lowest BCUT2D eigenvalue weighted by Gasteiger charge is -2.20. The van der Waals surface area contributed by atoms with Gasteiger partial charge >= 0.3 is 6.18 Å². The molecule has 22 heavy (non-hydrogen) atoms. The number of carbonyl (C=O) groups is 1. The molecule has 5 nitrogen and oxygen atoms in total. The van der Waals surface area contributed by atoms with Crippen LogP contribution in [0.5, 0.6) is 0 Å². The predicted octanol–water partition coefficient (Wildman–Crippen LogP) is 1.90. The van der Waals surface area contributed by atoms with E-state index in [0.717, 1.165) is 6.07 Å². The van der Waals surface area contributed by atoms with Crippen molar-refractivity contribution in [3.63, 3.8) is 0 Å². The van der Waals surface area contributed by atoms with Gasteiger partial charge in [0.25, 0.3) is 5.91 Å². The van der Waals surface area contributed by atoms with E-state index in [1.165, 1.54) is 35.3 Å². The molecule has 0 bridgehead atoms. The first-order chi connectivity index (χ1) is 10.3. The number of alkyl halides is 3. The van der Waals surface area contributed by atoms with E-state index in [1.54, 1.807) is 7.05 Å². The second-order valence-corrected chi connectivity index (χ2v) is 4.70. The van der Waals surface area contributed by atoms with Crippen LogP contribution in [0.4, 0.5) is 13.2 Å². The Morgan fingerprint density at radius 1 is 1.41 bits per heavy atom. The van der Waals surface area contributed by atoms with Crippen LogP contribution >= 0.6 is 0 Å². The highest BCUT2D eigenvalue weighted by molar-refractivity contribution is 5.94. The van der Waals surface area contributed by atoms with E-state index in [-0.39, 0.29) is 11.1 Å². The highest BCUT2D eigenvalue weighted by atomic mass is 19.4. The van der Waals surface area contributed by atoms with E-state index < -0.39 is 30.3 Å². The number of aromatic nitrogens is 2. The Bertz CT molecular complexity index is 667. The number of aliphatic hydroxyl groups is 1. The highest BCUT2D eigenvalue weighted by Crippen LogP contribution is 2.34. The minimum absolute atomic E-state index is 0.185. The van der Waals surface area contributed by atoms with Crippen molar-refractivity contribution in [3.05, 3.63) is 53.3 Å². The van der Waals surface area contributed by atoms with E-state index in [0.29, 0.717) is 0 Å². The molecular weight excluding hydrogens is 299 g/mol. The van der Waals surface area contributed by atoms with Gasteiger partial charge in [-0.2, -0.15) is 18.3 Å². The fourth-order valence-electron chi connectivity index (χ4n) is 2.06. The maximum absolute atomic E-state index is 13.0. The van der Waals surface area contributed by atoms with Gasteiger partial charge < -0.3 is 10.4 Å². The maximum Gasteiger partial charge on any atom is 0.416 e. The number of hydrogen-bond donors (Lipinski definition) is 2. The Morgan fingerprint density at radius 2 is 2.09 bits per heavy atom. The summed E-state index contributed by atoms with van der Waals surface area (Å²) >= 11 is 0. The zero-order valence-corrected chi connectivity index (χ0v) is 11.6. The Morgan fingerprint density at radius 3 is 2.64 bits per heavy atom. The fourth-order valence-corrected chi connectivity index (χ4v) is 2.06. The standard InChI is InChI=1S/C14H14F3N3O2/c1-20-7-9(6-18-20)13(22)19-12(8-21)10-4-2-3-5-11(10)14(15,16)17/h2-7,12,21H,8H2,1H3,(H,19,22). The predicted molar refractivity (Wildman–Crippen MR) is 71.9 cm³/mol. The maximum atomic E-state index is 13.0. The molecule has 0 radical (unpaired) electrons. The molecule has 2 aromatic rings. The summed E-state index contributed by atoms with van der Waals surface area (Å²) in [7, 11) is 1.61. The molecule has 2 rings (SSSR count). The molecule has 118 valence electrons. The molecule has 1 heterocycles. The van der Waals surface area contributed by atoms with Gasteiger partial charge in [-0.1, -0.05) is 18.2 Å². The monoisotopic (exact) mass is 313 g/mol. The minimum atomic E-state index is -4.57. The molecule has 8 heteroatoms. The first-order valence-corrected chi connectivity index (χ1v) is 6.39. The number of benzene rings is 1. The zero-order chi connectivity index (χ0) is 16.3. The summed E-state index contributed by atoms with van der Waals surface area (Å²) in [4.78, 5) is 12.0. The average Bonchev–Trinajstić information content (AvgIpc) is 2.90. The van der Waals surface area contributed by atoms with Crippen LogP contribution in [0.15, 0.2) is 36.7 Å². The lowest BCUT2D eigenvalue weighted by Crippen LogP contribution is -2.32. The van der Waals surface area contributed by atoms with Crippen LogP contribution < -0.4 is 5.32 Å². The zero-order valence-electron chi connectivity index (χ0n) is 11.6. The van der Waals surface area contributed by atoms with Crippen LogP contribution in [0.1, 0.15) is 27.5 Å². The van der Waals surface area contributed by atoms with Crippen LogP contribution in [0.3, 0.4) is 0 Å². The van der Waals surface area contributed by atoms with Gasteiger partial charge in [-0.25, -0.2) is 0 Å². The molecule has 2 N–H and O–H groups in total. The molecule has 0 spiro atoms. The molecule has 1 amide bonds. The van der Waals surface area contributed by atoms with Gasteiger partial charge in [-0.05, 0) is 11.6 Å². The molecule has 1 aromatic carbocycles. The van der Waals surface area contributed by atoms with E-state index in [2.05, 4.69) is 10.4 Å². The van der Waals surface area contributed by atoms with E-state index >= 15 is 0 Å². The molecule has 1 atom stereocenters. The smallest absolute Gasteiger partial charge is 0.394 e. The second kappa shape index (κ2) is 6.18. The van der Waals surface area contributed by atoms with Gasteiger partial charge in [0.2, 0.25) is 0 Å². The Hall–Kier alpha value is -2.35. The summed E-state index contributed by atoms with van der Waals surface area (Å²) in [5.74, 6) is -0.607. The van der Waals surface area contributed by atoms with Crippen molar-refractivity contribution in [2.24, 2.45) is 7.05 Å². The topological polar surface area (TPSA) is 67.2 Å². The van der Waals surface area contributed by atoms with Crippen molar-refractivity contribution in [2.45, 2.75) is 12.2 Å². The molecule has 1 aromatic heterocycles. The largest absolute Gasteiger partial charge is 0.416 e. The Labute approximate surface area is 124 Å². The van der Waals surface area contributed by atoms with Gasteiger partial charge in [0.1, 0.15) is 0 Å². The van der Waals surface area contributed by atoms with Gasteiger partial charge in [0, 0.05) is 13.2 Å². The SMILES string of the molecule is Cn1cc(C(=O)NC(CO)c2ccccc2C(F)(F)F)cn1. The molecular formula is C14H14F3N3O2. The van der Waals surface area contributed by atoms with Crippen molar-refractivity contribution in [3.8, 4) is 0 Å². The van der Waals surface area contributed by atoms with Crippen molar-refractivity contribution in [1.82, 2.24) is 15.1 Å². The minimum Gasteiger partial charge on any atom is -0.394 e. The number of hydrogen-bond acceptors (Lipinski definition) is 3. The highest BCUT2D eigenvalue weighted by Gasteiger charge is 2.35. The number of nitrogens with one attached hydrogen (secondary N) is 1.